The van der Waals surface area contributed by atoms with Crippen LogP contribution >= 0.6 is 0 Å². The topological polar surface area (TPSA) is 61.6 Å². The molecule has 154 valence electrons. The van der Waals surface area contributed by atoms with E-state index >= 15 is 0 Å². The number of quaternary nitrogens is 1. The highest BCUT2D eigenvalue weighted by molar-refractivity contribution is 7.84. The largest absolute Gasteiger partial charge is 0.748 e. The van der Waals surface area contributed by atoms with E-state index in [0.29, 0.717) is 6.26 Å². The molecule has 1 aliphatic heterocycles. The molecule has 0 bridgehead atoms. The normalized spacial score (nSPS) is 16.3. The van der Waals surface area contributed by atoms with Gasteiger partial charge in [0.1, 0.15) is 6.20 Å². The highest BCUT2D eigenvalue weighted by Gasteiger charge is 2.10. The zero-order valence-corrected chi connectivity index (χ0v) is 18.1. The molecule has 0 saturated heterocycles. The molecule has 5 heteroatoms. The molecule has 0 saturated carbocycles. The fourth-order valence-electron chi connectivity index (χ4n) is 3.06. The lowest BCUT2D eigenvalue weighted by atomic mass is 10.1. The maximum Gasteiger partial charge on any atom is 0.102 e. The Bertz CT molecular complexity index is 475. The van der Waals surface area contributed by atoms with Crippen molar-refractivity contribution in [3.63, 3.8) is 0 Å². The summed E-state index contributed by atoms with van der Waals surface area (Å²) in [6.45, 7) is 5.86. The third kappa shape index (κ3) is 19.7. The van der Waals surface area contributed by atoms with Crippen molar-refractivity contribution >= 4 is 10.1 Å². The van der Waals surface area contributed by atoms with Gasteiger partial charge < -0.3 is 4.55 Å². The monoisotopic (exact) mass is 387 g/mol. The van der Waals surface area contributed by atoms with E-state index in [2.05, 4.69) is 32.3 Å². The van der Waals surface area contributed by atoms with Crippen LogP contribution in [0.2, 0.25) is 0 Å². The summed E-state index contributed by atoms with van der Waals surface area (Å²) in [5, 5.41) is 0. The van der Waals surface area contributed by atoms with Crippen LogP contribution in [0, 0.1) is 0 Å². The Morgan fingerprint density at radius 1 is 0.846 bits per heavy atom. The van der Waals surface area contributed by atoms with E-state index in [4.69, 9.17) is 13.0 Å². The predicted octanol–water partition coefficient (Wildman–Crippen LogP) is 4.56. The van der Waals surface area contributed by atoms with Gasteiger partial charge in [0.2, 0.25) is 0 Å². The Labute approximate surface area is 162 Å². The van der Waals surface area contributed by atoms with Crippen molar-refractivity contribution in [1.82, 2.24) is 0 Å². The Hall–Kier alpha value is -0.650. The smallest absolute Gasteiger partial charge is 0.102 e. The number of rotatable bonds is 14. The Morgan fingerprint density at radius 3 is 1.81 bits per heavy atom. The molecule has 1 aliphatic rings. The molecule has 0 fully saturated rings. The van der Waals surface area contributed by atoms with Gasteiger partial charge in [0.05, 0.1) is 22.9 Å². The van der Waals surface area contributed by atoms with Gasteiger partial charge in [-0.1, -0.05) is 71.6 Å². The van der Waals surface area contributed by atoms with Gasteiger partial charge >= 0.3 is 0 Å². The first-order chi connectivity index (χ1) is 12.4. The van der Waals surface area contributed by atoms with Crippen LogP contribution in [0.1, 0.15) is 97.3 Å². The predicted molar refractivity (Wildman–Crippen MR) is 110 cm³/mol. The van der Waals surface area contributed by atoms with Crippen LogP contribution in [-0.2, 0) is 10.1 Å². The third-order valence-electron chi connectivity index (χ3n) is 4.52. The molecule has 1 unspecified atom stereocenters. The Balaban J connectivity index is 0.00000110. The zero-order chi connectivity index (χ0) is 19.7. The number of allylic oxidation sites excluding steroid dienone is 2. The van der Waals surface area contributed by atoms with Gasteiger partial charge in [-0.25, -0.2) is 8.42 Å². The SMILES string of the molecule is CCCCCCCCCCCC[NH+]1C=CC(CCCC)=C1.CS(=O)(=O)[O-]. The lowest BCUT2D eigenvalue weighted by Gasteiger charge is -2.06. The molecule has 0 aromatic carbocycles. The van der Waals surface area contributed by atoms with Crippen molar-refractivity contribution in [2.24, 2.45) is 0 Å². The minimum atomic E-state index is -3.92. The fourth-order valence-corrected chi connectivity index (χ4v) is 3.06. The number of hydrogen-bond acceptors (Lipinski definition) is 3. The second kappa shape index (κ2) is 16.5. The fraction of sp³-hybridized carbons (Fsp3) is 0.810. The van der Waals surface area contributed by atoms with E-state index < -0.39 is 10.1 Å². The van der Waals surface area contributed by atoms with E-state index in [1.807, 2.05) is 0 Å². The summed E-state index contributed by atoms with van der Waals surface area (Å²) < 4.78 is 27.2. The summed E-state index contributed by atoms with van der Waals surface area (Å²) >= 11 is 0. The van der Waals surface area contributed by atoms with Crippen LogP contribution in [0.25, 0.3) is 0 Å². The van der Waals surface area contributed by atoms with Crippen LogP contribution < -0.4 is 4.90 Å². The zero-order valence-electron chi connectivity index (χ0n) is 17.3. The van der Waals surface area contributed by atoms with Crippen LogP contribution in [0.5, 0.6) is 0 Å². The van der Waals surface area contributed by atoms with Crippen LogP contribution in [0.4, 0.5) is 0 Å². The molecule has 4 nitrogen and oxygen atoms in total. The van der Waals surface area contributed by atoms with Gasteiger partial charge in [0.25, 0.3) is 0 Å². The third-order valence-corrected chi connectivity index (χ3v) is 4.52. The first-order valence-corrected chi connectivity index (χ1v) is 12.3. The highest BCUT2D eigenvalue weighted by atomic mass is 32.2. The van der Waals surface area contributed by atoms with Gasteiger partial charge in [-0.05, 0) is 25.7 Å². The first kappa shape index (κ1) is 25.4. The minimum absolute atomic E-state index is 0.604. The number of unbranched alkanes of at least 4 members (excludes halogenated alkanes) is 10. The van der Waals surface area contributed by atoms with E-state index in [0.717, 1.165) is 0 Å². The Morgan fingerprint density at radius 2 is 1.31 bits per heavy atom. The molecular formula is C21H41NO3S. The maximum atomic E-state index is 9.08. The van der Waals surface area contributed by atoms with Crippen molar-refractivity contribution < 1.29 is 17.9 Å². The van der Waals surface area contributed by atoms with Crippen LogP contribution in [0.3, 0.4) is 0 Å². The molecule has 0 radical (unpaired) electrons. The Kier molecular flexibility index (Phi) is 16.1. The molecule has 0 amide bonds. The molecule has 1 N–H and O–H groups in total. The summed E-state index contributed by atoms with van der Waals surface area (Å²) in [6, 6.07) is 0. The summed E-state index contributed by atoms with van der Waals surface area (Å²) in [4.78, 5) is 1.57. The standard InChI is InChI=1S/C20H37N.CH4O3S/c1-3-5-7-8-9-10-11-12-13-14-17-21-18-16-20(19-21)15-6-4-2;1-5(2,3)4/h16,18-19H,3-15,17H2,1-2H3;1H3,(H,2,3,4). The summed E-state index contributed by atoms with van der Waals surface area (Å²) in [6.07, 6.45) is 26.0. The van der Waals surface area contributed by atoms with Crippen molar-refractivity contribution in [3.8, 4) is 0 Å². The summed E-state index contributed by atoms with van der Waals surface area (Å²) in [5.41, 5.74) is 1.55. The van der Waals surface area contributed by atoms with Crippen molar-refractivity contribution in [1.29, 1.82) is 0 Å². The van der Waals surface area contributed by atoms with Gasteiger partial charge in [-0.2, -0.15) is 0 Å². The maximum absolute atomic E-state index is 9.08. The second-order valence-corrected chi connectivity index (χ2v) is 8.78. The average molecular weight is 388 g/mol. The average Bonchev–Trinajstić information content (AvgIpc) is 3.01. The first-order valence-electron chi connectivity index (χ1n) is 10.5. The van der Waals surface area contributed by atoms with E-state index in [1.165, 1.54) is 90.0 Å². The van der Waals surface area contributed by atoms with Crippen molar-refractivity contribution in [2.75, 3.05) is 12.8 Å². The molecule has 1 rings (SSSR count). The molecule has 1 atom stereocenters. The van der Waals surface area contributed by atoms with E-state index in [-0.39, 0.29) is 0 Å². The van der Waals surface area contributed by atoms with Gasteiger partial charge in [0, 0.05) is 17.9 Å². The minimum Gasteiger partial charge on any atom is -0.748 e. The summed E-state index contributed by atoms with van der Waals surface area (Å²) in [5.74, 6) is 0. The van der Waals surface area contributed by atoms with Crippen LogP contribution in [0.15, 0.2) is 24.0 Å². The van der Waals surface area contributed by atoms with Crippen molar-refractivity contribution in [2.45, 2.75) is 97.3 Å². The lowest BCUT2D eigenvalue weighted by Crippen LogP contribution is -3.01. The number of nitrogens with one attached hydrogen (secondary N) is 1. The van der Waals surface area contributed by atoms with Gasteiger partial charge in [-0.3, -0.25) is 4.90 Å². The molecule has 26 heavy (non-hydrogen) atoms. The molecule has 0 spiro atoms. The molecule has 0 aliphatic carbocycles. The van der Waals surface area contributed by atoms with Crippen LogP contribution in [-0.4, -0.2) is 25.8 Å². The van der Waals surface area contributed by atoms with Gasteiger partial charge in [0.15, 0.2) is 0 Å². The molecular weight excluding hydrogens is 346 g/mol. The lowest BCUT2D eigenvalue weighted by molar-refractivity contribution is -0.788. The van der Waals surface area contributed by atoms with Gasteiger partial charge in [-0.15, -0.1) is 0 Å². The van der Waals surface area contributed by atoms with E-state index in [1.54, 1.807) is 10.5 Å². The number of hydrogen-bond donors (Lipinski definition) is 1. The molecule has 0 aromatic rings. The highest BCUT2D eigenvalue weighted by Crippen LogP contribution is 2.11. The quantitative estimate of drug-likeness (QED) is 0.351. The van der Waals surface area contributed by atoms with E-state index in [9.17, 15) is 0 Å². The second-order valence-electron chi connectivity index (χ2n) is 7.37. The van der Waals surface area contributed by atoms with Crippen molar-refractivity contribution in [3.05, 3.63) is 24.0 Å². The molecule has 0 aromatic heterocycles. The summed E-state index contributed by atoms with van der Waals surface area (Å²) in [7, 11) is -3.92. The molecule has 1 heterocycles.